The second-order valence-electron chi connectivity index (χ2n) is 5.25. The third-order valence-electron chi connectivity index (χ3n) is 3.77. The Morgan fingerprint density at radius 3 is 3.05 bits per heavy atom. The molecule has 2 aromatic rings. The van der Waals surface area contributed by atoms with E-state index >= 15 is 0 Å². The molecule has 1 aromatic carbocycles. The number of hydrogen-bond donors (Lipinski definition) is 1. The van der Waals surface area contributed by atoms with Crippen molar-refractivity contribution < 1.29 is 9.90 Å². The van der Waals surface area contributed by atoms with E-state index in [1.807, 2.05) is 17.5 Å². The maximum atomic E-state index is 11.6. The number of aliphatic carboxylic acids is 1. The van der Waals surface area contributed by atoms with Crippen molar-refractivity contribution in [3.05, 3.63) is 57.3 Å². The zero-order chi connectivity index (χ0) is 14.1. The molecule has 3 rings (SSSR count). The van der Waals surface area contributed by atoms with Gasteiger partial charge in [-0.1, -0.05) is 29.8 Å². The Hall–Kier alpha value is -1.65. The zero-order valence-corrected chi connectivity index (χ0v) is 12.2. The molecule has 1 aliphatic rings. The number of carboxylic acids is 1. The molecule has 0 saturated heterocycles. The summed E-state index contributed by atoms with van der Waals surface area (Å²) in [6.07, 6.45) is 0.947. The van der Waals surface area contributed by atoms with Gasteiger partial charge >= 0.3 is 5.97 Å². The summed E-state index contributed by atoms with van der Waals surface area (Å²) in [7, 11) is 0. The number of nitrogens with zero attached hydrogens (tertiary/aromatic N) is 1. The Bertz CT molecular complexity index is 635. The molecule has 0 saturated carbocycles. The van der Waals surface area contributed by atoms with Crippen molar-refractivity contribution in [1.29, 1.82) is 0 Å². The molecule has 3 nitrogen and oxygen atoms in total. The maximum Gasteiger partial charge on any atom is 0.325 e. The second-order valence-corrected chi connectivity index (χ2v) is 6.25. The summed E-state index contributed by atoms with van der Waals surface area (Å²) in [5.74, 6) is -0.753. The first-order chi connectivity index (χ1) is 9.65. The lowest BCUT2D eigenvalue weighted by atomic mass is 9.99. The number of hydrogen-bond acceptors (Lipinski definition) is 3. The van der Waals surface area contributed by atoms with Crippen molar-refractivity contribution in [3.8, 4) is 0 Å². The van der Waals surface area contributed by atoms with Gasteiger partial charge in [-0.3, -0.25) is 9.69 Å². The van der Waals surface area contributed by atoms with Crippen LogP contribution < -0.4 is 0 Å². The minimum absolute atomic E-state index is 0.509. The minimum Gasteiger partial charge on any atom is -0.480 e. The van der Waals surface area contributed by atoms with Crippen LogP contribution in [0.5, 0.6) is 0 Å². The molecule has 1 aliphatic heterocycles. The maximum absolute atomic E-state index is 11.6. The van der Waals surface area contributed by atoms with Gasteiger partial charge in [-0.2, -0.15) is 0 Å². The summed E-state index contributed by atoms with van der Waals surface area (Å²) in [5, 5.41) is 11.6. The van der Waals surface area contributed by atoms with Gasteiger partial charge in [-0.15, -0.1) is 11.3 Å². The lowest BCUT2D eigenvalue weighted by molar-refractivity contribution is -0.144. The van der Waals surface area contributed by atoms with E-state index in [0.717, 1.165) is 18.5 Å². The summed E-state index contributed by atoms with van der Waals surface area (Å²) < 4.78 is 0. The zero-order valence-electron chi connectivity index (χ0n) is 11.4. The van der Waals surface area contributed by atoms with Gasteiger partial charge in [0.1, 0.15) is 6.04 Å². The number of aryl methyl sites for hydroxylation is 1. The fourth-order valence-electron chi connectivity index (χ4n) is 2.87. The predicted octanol–water partition coefficient (Wildman–Crippen LogP) is 3.24. The minimum atomic E-state index is -0.753. The average Bonchev–Trinajstić information content (AvgIpc) is 2.86. The molecule has 0 spiro atoms. The number of fused-ring (bicyclic) bond motifs is 1. The van der Waals surface area contributed by atoms with Crippen LogP contribution in [-0.4, -0.2) is 22.5 Å². The molecule has 1 aromatic heterocycles. The number of thiophene rings is 1. The molecule has 1 atom stereocenters. The van der Waals surface area contributed by atoms with Crippen LogP contribution in [0, 0.1) is 6.92 Å². The van der Waals surface area contributed by atoms with Crippen LogP contribution in [0.4, 0.5) is 0 Å². The Labute approximate surface area is 122 Å². The smallest absolute Gasteiger partial charge is 0.325 e. The van der Waals surface area contributed by atoms with Gasteiger partial charge in [0.15, 0.2) is 0 Å². The summed E-state index contributed by atoms with van der Waals surface area (Å²) in [6, 6.07) is 9.73. The largest absolute Gasteiger partial charge is 0.480 e. The Morgan fingerprint density at radius 2 is 2.30 bits per heavy atom. The van der Waals surface area contributed by atoms with Gasteiger partial charge in [0.25, 0.3) is 0 Å². The molecule has 2 heterocycles. The summed E-state index contributed by atoms with van der Waals surface area (Å²) in [6.45, 7) is 3.55. The predicted molar refractivity (Wildman–Crippen MR) is 80.0 cm³/mol. The highest BCUT2D eigenvalue weighted by atomic mass is 32.1. The van der Waals surface area contributed by atoms with Crippen molar-refractivity contribution in [2.24, 2.45) is 0 Å². The first kappa shape index (κ1) is 13.3. The molecule has 0 radical (unpaired) electrons. The highest BCUT2D eigenvalue weighted by molar-refractivity contribution is 7.10. The second kappa shape index (κ2) is 5.38. The van der Waals surface area contributed by atoms with Gasteiger partial charge < -0.3 is 5.11 Å². The first-order valence-corrected chi connectivity index (χ1v) is 7.62. The Morgan fingerprint density at radius 1 is 1.45 bits per heavy atom. The SMILES string of the molecule is Cc1cccc(CN2CCc3sccc3C2C(=O)O)c1. The highest BCUT2D eigenvalue weighted by Gasteiger charge is 2.33. The molecule has 4 heteroatoms. The van der Waals surface area contributed by atoms with Crippen LogP contribution in [0.1, 0.15) is 27.6 Å². The van der Waals surface area contributed by atoms with Crippen LogP contribution >= 0.6 is 11.3 Å². The number of benzene rings is 1. The van der Waals surface area contributed by atoms with Gasteiger partial charge in [-0.05, 0) is 35.9 Å². The fourth-order valence-corrected chi connectivity index (χ4v) is 3.78. The van der Waals surface area contributed by atoms with E-state index in [0.29, 0.717) is 6.54 Å². The summed E-state index contributed by atoms with van der Waals surface area (Å²) in [4.78, 5) is 14.9. The van der Waals surface area contributed by atoms with Gasteiger partial charge in [0.2, 0.25) is 0 Å². The summed E-state index contributed by atoms with van der Waals surface area (Å²) in [5.41, 5.74) is 3.36. The monoisotopic (exact) mass is 287 g/mol. The molecule has 104 valence electrons. The molecule has 0 bridgehead atoms. The van der Waals surface area contributed by atoms with Crippen LogP contribution in [-0.2, 0) is 17.8 Å². The quantitative estimate of drug-likeness (QED) is 0.942. The topological polar surface area (TPSA) is 40.5 Å². The highest BCUT2D eigenvalue weighted by Crippen LogP contribution is 2.34. The van der Waals surface area contributed by atoms with Crippen LogP contribution in [0.15, 0.2) is 35.7 Å². The lowest BCUT2D eigenvalue weighted by Gasteiger charge is -2.33. The van der Waals surface area contributed by atoms with Crippen molar-refractivity contribution in [2.75, 3.05) is 6.54 Å². The van der Waals surface area contributed by atoms with E-state index in [2.05, 4.69) is 30.0 Å². The molecule has 0 aliphatic carbocycles. The molecule has 1 unspecified atom stereocenters. The standard InChI is InChI=1S/C16H17NO2S/c1-11-3-2-4-12(9-11)10-17-7-5-14-13(6-8-20-14)15(17)16(18)19/h2-4,6,8-9,15H,5,7,10H2,1H3,(H,18,19). The Kier molecular flexibility index (Phi) is 3.59. The van der Waals surface area contributed by atoms with Crippen LogP contribution in [0.3, 0.4) is 0 Å². The van der Waals surface area contributed by atoms with Crippen molar-refractivity contribution in [2.45, 2.75) is 25.9 Å². The van der Waals surface area contributed by atoms with Gasteiger partial charge in [0.05, 0.1) is 0 Å². The molecular formula is C16H17NO2S. The molecule has 20 heavy (non-hydrogen) atoms. The molecule has 1 N–H and O–H groups in total. The third kappa shape index (κ3) is 2.49. The number of rotatable bonds is 3. The Balaban J connectivity index is 1.88. The molecular weight excluding hydrogens is 270 g/mol. The van der Waals surface area contributed by atoms with E-state index in [1.54, 1.807) is 11.3 Å². The van der Waals surface area contributed by atoms with Gasteiger partial charge in [0, 0.05) is 18.0 Å². The number of carboxylic acid groups (broad SMARTS) is 1. The lowest BCUT2D eigenvalue weighted by Crippen LogP contribution is -2.38. The van der Waals surface area contributed by atoms with E-state index in [4.69, 9.17) is 0 Å². The number of carbonyl (C=O) groups is 1. The van der Waals surface area contributed by atoms with Crippen LogP contribution in [0.25, 0.3) is 0 Å². The van der Waals surface area contributed by atoms with Crippen molar-refractivity contribution >= 4 is 17.3 Å². The molecule has 0 amide bonds. The normalized spacial score (nSPS) is 18.8. The molecule has 0 fully saturated rings. The summed E-state index contributed by atoms with van der Waals surface area (Å²) >= 11 is 1.67. The average molecular weight is 287 g/mol. The first-order valence-electron chi connectivity index (χ1n) is 6.74. The van der Waals surface area contributed by atoms with E-state index in [1.165, 1.54) is 16.0 Å². The van der Waals surface area contributed by atoms with Crippen molar-refractivity contribution in [3.63, 3.8) is 0 Å². The van der Waals surface area contributed by atoms with Crippen molar-refractivity contribution in [1.82, 2.24) is 4.90 Å². The van der Waals surface area contributed by atoms with Gasteiger partial charge in [-0.25, -0.2) is 0 Å². The fraction of sp³-hybridized carbons (Fsp3) is 0.312. The van der Waals surface area contributed by atoms with E-state index < -0.39 is 12.0 Å². The third-order valence-corrected chi connectivity index (χ3v) is 4.76. The van der Waals surface area contributed by atoms with Crippen LogP contribution in [0.2, 0.25) is 0 Å². The van der Waals surface area contributed by atoms with E-state index in [9.17, 15) is 9.90 Å². The van der Waals surface area contributed by atoms with E-state index in [-0.39, 0.29) is 0 Å².